The molecule has 1 fully saturated rings. The number of benzene rings is 1. The number of rotatable bonds is 0. The van der Waals surface area contributed by atoms with Gasteiger partial charge in [-0.25, -0.2) is 4.79 Å². The monoisotopic (exact) mass is 328 g/mol. The van der Waals surface area contributed by atoms with Gasteiger partial charge < -0.3 is 14.5 Å². The van der Waals surface area contributed by atoms with Crippen molar-refractivity contribution in [2.24, 2.45) is 0 Å². The highest BCUT2D eigenvalue weighted by molar-refractivity contribution is 5.71. The van der Waals surface area contributed by atoms with Crippen LogP contribution in [-0.2, 0) is 11.2 Å². The molecule has 3 aliphatic rings. The highest BCUT2D eigenvalue weighted by Gasteiger charge is 2.43. The van der Waals surface area contributed by atoms with Crippen molar-refractivity contribution in [1.82, 2.24) is 4.90 Å². The molecule has 130 valence electrons. The summed E-state index contributed by atoms with van der Waals surface area (Å²) < 4.78 is 5.63. The third-order valence-corrected chi connectivity index (χ3v) is 5.54. The summed E-state index contributed by atoms with van der Waals surface area (Å²) in [6.07, 6.45) is 4.50. The maximum absolute atomic E-state index is 12.6. The van der Waals surface area contributed by atoms with E-state index in [2.05, 4.69) is 23.1 Å². The van der Waals surface area contributed by atoms with Gasteiger partial charge in [0.25, 0.3) is 0 Å². The molecule has 2 atom stereocenters. The van der Waals surface area contributed by atoms with Gasteiger partial charge in [-0.2, -0.15) is 0 Å². The van der Waals surface area contributed by atoms with Gasteiger partial charge in [-0.1, -0.05) is 18.2 Å². The molecule has 1 aromatic carbocycles. The summed E-state index contributed by atoms with van der Waals surface area (Å²) in [6, 6.07) is 7.30. The number of hydrogen-bond acceptors (Lipinski definition) is 3. The Balaban J connectivity index is 1.62. The molecule has 4 rings (SSSR count). The molecular formula is C20H28N2O2. The van der Waals surface area contributed by atoms with Crippen LogP contribution in [0.3, 0.4) is 0 Å². The quantitative estimate of drug-likeness (QED) is 0.723. The third kappa shape index (κ3) is 2.66. The van der Waals surface area contributed by atoms with Crippen LogP contribution in [0.15, 0.2) is 18.2 Å². The smallest absolute Gasteiger partial charge is 0.410 e. The van der Waals surface area contributed by atoms with Gasteiger partial charge in [0.15, 0.2) is 0 Å². The number of aryl methyl sites for hydroxylation is 1. The summed E-state index contributed by atoms with van der Waals surface area (Å²) in [5.74, 6) is 0.424. The summed E-state index contributed by atoms with van der Waals surface area (Å²) in [6.45, 7) is 8.57. The summed E-state index contributed by atoms with van der Waals surface area (Å²) in [5.41, 5.74) is 3.99. The number of likely N-dealkylation sites (tertiary alicyclic amines) is 1. The number of carbonyl (C=O) groups excluding carboxylic acids is 1. The number of para-hydroxylation sites is 1. The fourth-order valence-corrected chi connectivity index (χ4v) is 4.66. The Morgan fingerprint density at radius 2 is 2.04 bits per heavy atom. The molecule has 3 aliphatic heterocycles. The standard InChI is InChI=1S/C20H28N2O2/c1-20(2,3)24-19(23)21-11-6-10-17-16(13-21)15-9-4-7-14-8-5-12-22(17)18(14)15/h4,7,9,16-17H,5-6,8,10-13H2,1-3H3/t16-,17-/m0/s1. The van der Waals surface area contributed by atoms with Crippen molar-refractivity contribution >= 4 is 11.8 Å². The van der Waals surface area contributed by atoms with Gasteiger partial charge in [0.2, 0.25) is 0 Å². The number of carbonyl (C=O) groups is 1. The van der Waals surface area contributed by atoms with E-state index in [1.807, 2.05) is 25.7 Å². The average molecular weight is 328 g/mol. The van der Waals surface area contributed by atoms with Crippen molar-refractivity contribution in [3.63, 3.8) is 0 Å². The molecule has 1 amide bonds. The van der Waals surface area contributed by atoms with Gasteiger partial charge in [-0.05, 0) is 57.6 Å². The van der Waals surface area contributed by atoms with Crippen LogP contribution in [0.1, 0.15) is 57.1 Å². The first kappa shape index (κ1) is 15.8. The molecule has 0 aliphatic carbocycles. The van der Waals surface area contributed by atoms with Gasteiger partial charge >= 0.3 is 6.09 Å². The third-order valence-electron chi connectivity index (χ3n) is 5.54. The molecule has 3 heterocycles. The lowest BCUT2D eigenvalue weighted by atomic mass is 9.92. The van der Waals surface area contributed by atoms with Crippen LogP contribution in [0.25, 0.3) is 0 Å². The van der Waals surface area contributed by atoms with Crippen molar-refractivity contribution in [1.29, 1.82) is 0 Å². The summed E-state index contributed by atoms with van der Waals surface area (Å²) in [5, 5.41) is 0. The molecule has 0 bridgehead atoms. The second-order valence-corrected chi connectivity index (χ2v) is 8.39. The molecule has 4 nitrogen and oxygen atoms in total. The van der Waals surface area contributed by atoms with Crippen molar-refractivity contribution < 1.29 is 9.53 Å². The van der Waals surface area contributed by atoms with Gasteiger partial charge in [-0.3, -0.25) is 0 Å². The normalized spacial score (nSPS) is 25.8. The van der Waals surface area contributed by atoms with Gasteiger partial charge in [0.05, 0.1) is 0 Å². The Morgan fingerprint density at radius 3 is 2.83 bits per heavy atom. The molecule has 1 aromatic rings. The Kier molecular flexibility index (Phi) is 3.74. The van der Waals surface area contributed by atoms with Crippen LogP contribution in [0.2, 0.25) is 0 Å². The number of fused-ring (bicyclic) bond motifs is 3. The zero-order valence-corrected chi connectivity index (χ0v) is 15.0. The molecule has 0 unspecified atom stereocenters. The highest BCUT2D eigenvalue weighted by Crippen LogP contribution is 2.48. The molecule has 0 spiro atoms. The predicted molar refractivity (Wildman–Crippen MR) is 95.7 cm³/mol. The second kappa shape index (κ2) is 5.68. The molecule has 0 N–H and O–H groups in total. The number of anilines is 1. The van der Waals surface area contributed by atoms with E-state index in [4.69, 9.17) is 4.74 Å². The lowest BCUT2D eigenvalue weighted by Gasteiger charge is -2.33. The Labute approximate surface area is 144 Å². The fourth-order valence-electron chi connectivity index (χ4n) is 4.66. The van der Waals surface area contributed by atoms with E-state index in [1.165, 1.54) is 29.7 Å². The Morgan fingerprint density at radius 1 is 1.21 bits per heavy atom. The number of nitrogens with zero attached hydrogens (tertiary/aromatic N) is 2. The van der Waals surface area contributed by atoms with Crippen molar-refractivity contribution in [2.45, 2.75) is 64.0 Å². The maximum atomic E-state index is 12.6. The lowest BCUT2D eigenvalue weighted by Crippen LogP contribution is -2.41. The van der Waals surface area contributed by atoms with E-state index in [9.17, 15) is 4.79 Å². The number of amides is 1. The van der Waals surface area contributed by atoms with Gasteiger partial charge in [-0.15, -0.1) is 0 Å². The predicted octanol–water partition coefficient (Wildman–Crippen LogP) is 3.94. The van der Waals surface area contributed by atoms with E-state index < -0.39 is 5.60 Å². The lowest BCUT2D eigenvalue weighted by molar-refractivity contribution is 0.0248. The van der Waals surface area contributed by atoms with Crippen molar-refractivity contribution in [3.05, 3.63) is 29.3 Å². The summed E-state index contributed by atoms with van der Waals surface area (Å²) in [7, 11) is 0. The molecule has 0 radical (unpaired) electrons. The van der Waals surface area contributed by atoms with Crippen LogP contribution in [0.5, 0.6) is 0 Å². The molecular weight excluding hydrogens is 300 g/mol. The molecule has 1 saturated heterocycles. The van der Waals surface area contributed by atoms with E-state index in [1.54, 1.807) is 0 Å². The number of ether oxygens (including phenoxy) is 1. The topological polar surface area (TPSA) is 32.8 Å². The zero-order chi connectivity index (χ0) is 16.9. The number of hydrogen-bond donors (Lipinski definition) is 0. The minimum absolute atomic E-state index is 0.158. The van der Waals surface area contributed by atoms with Gasteiger partial charge in [0, 0.05) is 37.3 Å². The van der Waals surface area contributed by atoms with E-state index in [0.29, 0.717) is 12.0 Å². The molecule has 24 heavy (non-hydrogen) atoms. The SMILES string of the molecule is CC(C)(C)OC(=O)N1CCC[C@H]2[C@@H](C1)c1cccc3c1N2CCC3. The van der Waals surface area contributed by atoms with Crippen molar-refractivity contribution in [3.8, 4) is 0 Å². The first-order valence-electron chi connectivity index (χ1n) is 9.30. The largest absolute Gasteiger partial charge is 0.444 e. The molecule has 0 aromatic heterocycles. The van der Waals surface area contributed by atoms with Gasteiger partial charge in [0.1, 0.15) is 5.60 Å². The van der Waals surface area contributed by atoms with Crippen LogP contribution < -0.4 is 4.90 Å². The summed E-state index contributed by atoms with van der Waals surface area (Å²) >= 11 is 0. The fraction of sp³-hybridized carbons (Fsp3) is 0.650. The van der Waals surface area contributed by atoms with Crippen LogP contribution in [0, 0.1) is 0 Å². The Hall–Kier alpha value is -1.71. The van der Waals surface area contributed by atoms with E-state index in [-0.39, 0.29) is 6.09 Å². The minimum atomic E-state index is -0.432. The summed E-state index contributed by atoms with van der Waals surface area (Å²) in [4.78, 5) is 17.2. The Bertz CT molecular complexity index is 650. The first-order chi connectivity index (χ1) is 11.4. The van der Waals surface area contributed by atoms with E-state index in [0.717, 1.165) is 32.5 Å². The molecule has 0 saturated carbocycles. The van der Waals surface area contributed by atoms with Crippen LogP contribution in [0.4, 0.5) is 10.5 Å². The van der Waals surface area contributed by atoms with Crippen LogP contribution >= 0.6 is 0 Å². The van der Waals surface area contributed by atoms with E-state index >= 15 is 0 Å². The molecule has 4 heteroatoms. The highest BCUT2D eigenvalue weighted by atomic mass is 16.6. The zero-order valence-electron chi connectivity index (χ0n) is 15.0. The minimum Gasteiger partial charge on any atom is -0.444 e. The second-order valence-electron chi connectivity index (χ2n) is 8.39. The van der Waals surface area contributed by atoms with Crippen LogP contribution in [-0.4, -0.2) is 42.3 Å². The first-order valence-corrected chi connectivity index (χ1v) is 9.30. The van der Waals surface area contributed by atoms with Crippen molar-refractivity contribution in [2.75, 3.05) is 24.5 Å². The maximum Gasteiger partial charge on any atom is 0.410 e. The average Bonchev–Trinajstić information content (AvgIpc) is 2.70.